The number of benzene rings is 2. The van der Waals surface area contributed by atoms with E-state index in [-0.39, 0.29) is 45.9 Å². The minimum Gasteiger partial charge on any atom is -0.504 e. The molecule has 3 N–H and O–H groups in total. The first-order valence-electron chi connectivity index (χ1n) is 16.5. The number of carbonyl (C=O) groups excluding carboxylic acids is 2. The maximum Gasteiger partial charge on any atom is 0.416 e. The van der Waals surface area contributed by atoms with E-state index in [1.807, 2.05) is 24.3 Å². The molecule has 7 rings (SSSR count). The van der Waals surface area contributed by atoms with E-state index >= 15 is 0 Å². The quantitative estimate of drug-likeness (QED) is 0.199. The van der Waals surface area contributed by atoms with Gasteiger partial charge in [0.25, 0.3) is 11.5 Å². The third-order valence-electron chi connectivity index (χ3n) is 10.1. The van der Waals surface area contributed by atoms with Crippen molar-refractivity contribution in [1.29, 1.82) is 0 Å². The van der Waals surface area contributed by atoms with E-state index in [1.165, 1.54) is 4.52 Å². The number of rotatable bonds is 6. The Kier molecular flexibility index (Phi) is 8.43. The number of aryl methyl sites for hydroxylation is 1. The van der Waals surface area contributed by atoms with Crippen molar-refractivity contribution < 1.29 is 27.9 Å². The lowest BCUT2D eigenvalue weighted by Gasteiger charge is -2.39. The van der Waals surface area contributed by atoms with Crippen molar-refractivity contribution in [2.45, 2.75) is 70.5 Å². The number of anilines is 1. The van der Waals surface area contributed by atoms with Gasteiger partial charge in [-0.15, -0.1) is 5.10 Å². The molecule has 266 valence electrons. The van der Waals surface area contributed by atoms with Gasteiger partial charge in [-0.3, -0.25) is 19.5 Å². The predicted molar refractivity (Wildman–Crippen MR) is 182 cm³/mol. The zero-order valence-corrected chi connectivity index (χ0v) is 28.7. The van der Waals surface area contributed by atoms with Crippen molar-refractivity contribution in [1.82, 2.24) is 34.3 Å². The summed E-state index contributed by atoms with van der Waals surface area (Å²) in [7, 11) is 0. The lowest BCUT2D eigenvalue weighted by Crippen LogP contribution is -2.46. The standard InChI is InChI=1S/C35H34ClF3N8O4/c1-18(2)20-4-6-21(7-5-20)30-41-33-46(17-26(48)40-24-9-8-22(16-23(24)36)35(37,38)39)25-10-11-34(27(25)31(50)47(33)44-30)12-14-45(15-13-34)32(51)28-29(49)19(3)42-43-28/h4-9,16,18,49H,10-15,17H2,1-3H3,(H,40,48)(H,42,43). The van der Waals surface area contributed by atoms with Crippen molar-refractivity contribution in [3.05, 3.63) is 91.6 Å². The normalized spacial score (nSPS) is 15.6. The fourth-order valence-electron chi connectivity index (χ4n) is 7.18. The largest absolute Gasteiger partial charge is 0.504 e. The Morgan fingerprint density at radius 3 is 2.41 bits per heavy atom. The lowest BCUT2D eigenvalue weighted by molar-refractivity contribution is -0.137. The van der Waals surface area contributed by atoms with Crippen LogP contribution in [0.3, 0.4) is 0 Å². The first-order valence-corrected chi connectivity index (χ1v) is 16.9. The number of hydrogen-bond donors (Lipinski definition) is 3. The fraction of sp³-hybridized carbons (Fsp3) is 0.371. The lowest BCUT2D eigenvalue weighted by atomic mass is 9.74. The van der Waals surface area contributed by atoms with E-state index in [9.17, 15) is 32.7 Å². The zero-order chi connectivity index (χ0) is 36.4. The van der Waals surface area contributed by atoms with Crippen LogP contribution in [0.2, 0.25) is 5.02 Å². The van der Waals surface area contributed by atoms with Crippen molar-refractivity contribution in [2.24, 2.45) is 0 Å². The minimum absolute atomic E-state index is 0.00258. The van der Waals surface area contributed by atoms with E-state index in [1.54, 1.807) is 16.4 Å². The molecule has 1 aliphatic carbocycles. The summed E-state index contributed by atoms with van der Waals surface area (Å²) >= 11 is 6.14. The molecule has 3 aromatic heterocycles. The maximum absolute atomic E-state index is 14.4. The highest BCUT2D eigenvalue weighted by atomic mass is 35.5. The highest BCUT2D eigenvalue weighted by Gasteiger charge is 2.46. The Balaban J connectivity index is 1.26. The van der Waals surface area contributed by atoms with Crippen LogP contribution in [0.25, 0.3) is 17.2 Å². The van der Waals surface area contributed by atoms with Gasteiger partial charge in [0.05, 0.1) is 16.3 Å². The van der Waals surface area contributed by atoms with Gasteiger partial charge in [-0.25, -0.2) is 0 Å². The van der Waals surface area contributed by atoms with Crippen molar-refractivity contribution in [3.63, 3.8) is 0 Å². The van der Waals surface area contributed by atoms with Gasteiger partial charge in [0.1, 0.15) is 12.2 Å². The molecule has 51 heavy (non-hydrogen) atoms. The van der Waals surface area contributed by atoms with Crippen molar-refractivity contribution in [3.8, 4) is 17.1 Å². The third kappa shape index (κ3) is 6.02. The number of aromatic hydroxyl groups is 1. The van der Waals surface area contributed by atoms with Gasteiger partial charge in [0.15, 0.2) is 17.3 Å². The Morgan fingerprint density at radius 2 is 1.80 bits per heavy atom. The number of hydrogen-bond acceptors (Lipinski definition) is 7. The van der Waals surface area contributed by atoms with E-state index in [0.29, 0.717) is 67.2 Å². The van der Waals surface area contributed by atoms with Crippen molar-refractivity contribution in [2.75, 3.05) is 18.4 Å². The van der Waals surface area contributed by atoms with Gasteiger partial charge in [0, 0.05) is 35.3 Å². The van der Waals surface area contributed by atoms with Crippen LogP contribution in [0, 0.1) is 6.92 Å². The number of aromatic nitrogens is 6. The maximum atomic E-state index is 14.4. The number of aromatic amines is 1. The molecule has 0 atom stereocenters. The summed E-state index contributed by atoms with van der Waals surface area (Å²) in [6, 6.07) is 10.4. The van der Waals surface area contributed by atoms with E-state index in [4.69, 9.17) is 16.6 Å². The number of nitrogens with zero attached hydrogens (tertiary/aromatic N) is 6. The van der Waals surface area contributed by atoms with Gasteiger partial charge in [0.2, 0.25) is 11.7 Å². The van der Waals surface area contributed by atoms with Gasteiger partial charge in [-0.05, 0) is 62.3 Å². The SMILES string of the molecule is Cc1n[nH]c(C(=O)N2CCC3(CCc4c3c(=O)n3nc(-c5ccc(C(C)C)cc5)nc3n4CC(=O)Nc3ccc(C(F)(F)F)cc3Cl)CC2)c1O. The average Bonchev–Trinajstić information content (AvgIpc) is 3.80. The molecule has 12 nitrogen and oxygen atoms in total. The Hall–Kier alpha value is -5.18. The van der Waals surface area contributed by atoms with Crippen LogP contribution in [0.15, 0.2) is 47.3 Å². The molecule has 4 heterocycles. The molecule has 2 amide bonds. The summed E-state index contributed by atoms with van der Waals surface area (Å²) < 4.78 is 42.5. The summed E-state index contributed by atoms with van der Waals surface area (Å²) in [6.07, 6.45) is -2.68. The van der Waals surface area contributed by atoms with E-state index in [0.717, 1.165) is 23.8 Å². The molecule has 2 aromatic carbocycles. The Morgan fingerprint density at radius 1 is 1.10 bits per heavy atom. The number of halogens is 4. The van der Waals surface area contributed by atoms with Crippen LogP contribution < -0.4 is 10.9 Å². The number of H-pyrrole nitrogens is 1. The van der Waals surface area contributed by atoms with Crippen molar-refractivity contribution >= 4 is 34.9 Å². The van der Waals surface area contributed by atoms with Crippen LogP contribution in [-0.2, 0) is 29.4 Å². The number of nitrogens with one attached hydrogen (secondary N) is 2. The second-order valence-corrected chi connectivity index (χ2v) is 13.9. The summed E-state index contributed by atoms with van der Waals surface area (Å²) in [5.74, 6) is -0.452. The molecule has 1 aliphatic heterocycles. The second-order valence-electron chi connectivity index (χ2n) is 13.5. The molecule has 1 spiro atoms. The summed E-state index contributed by atoms with van der Waals surface area (Å²) in [6.45, 7) is 6.04. The number of carbonyl (C=O) groups is 2. The molecule has 0 bridgehead atoms. The van der Waals surface area contributed by atoms with Crippen LogP contribution >= 0.6 is 11.6 Å². The van der Waals surface area contributed by atoms with Gasteiger partial charge in [-0.1, -0.05) is 49.7 Å². The smallest absolute Gasteiger partial charge is 0.416 e. The molecular weight excluding hydrogens is 689 g/mol. The summed E-state index contributed by atoms with van der Waals surface area (Å²) in [4.78, 5) is 47.5. The topological polar surface area (TPSA) is 151 Å². The van der Waals surface area contributed by atoms with E-state index < -0.39 is 29.0 Å². The van der Waals surface area contributed by atoms with E-state index in [2.05, 4.69) is 34.5 Å². The molecule has 1 fully saturated rings. The van der Waals surface area contributed by atoms with Crippen LogP contribution in [0.4, 0.5) is 18.9 Å². The minimum atomic E-state index is -4.60. The molecule has 1 saturated heterocycles. The Labute approximate surface area is 294 Å². The monoisotopic (exact) mass is 722 g/mol. The number of alkyl halides is 3. The highest BCUT2D eigenvalue weighted by molar-refractivity contribution is 6.33. The average molecular weight is 723 g/mol. The molecule has 0 unspecified atom stereocenters. The highest BCUT2D eigenvalue weighted by Crippen LogP contribution is 2.45. The van der Waals surface area contributed by atoms with Crippen LogP contribution in [0.1, 0.15) is 77.6 Å². The Bertz CT molecular complexity index is 2250. The fourth-order valence-corrected chi connectivity index (χ4v) is 7.41. The summed E-state index contributed by atoms with van der Waals surface area (Å²) in [5.41, 5.74) is 1.29. The van der Waals surface area contributed by atoms with Crippen LogP contribution in [-0.4, -0.2) is 64.3 Å². The molecule has 2 aliphatic rings. The summed E-state index contributed by atoms with van der Waals surface area (Å²) in [5, 5.41) is 23.8. The molecular formula is C35H34ClF3N8O4. The number of piperidine rings is 1. The van der Waals surface area contributed by atoms with Gasteiger partial charge < -0.3 is 19.9 Å². The molecule has 5 aromatic rings. The second kappa shape index (κ2) is 12.5. The third-order valence-corrected chi connectivity index (χ3v) is 10.4. The predicted octanol–water partition coefficient (Wildman–Crippen LogP) is 5.85. The number of amides is 2. The van der Waals surface area contributed by atoms with Gasteiger partial charge in [-0.2, -0.15) is 27.8 Å². The van der Waals surface area contributed by atoms with Gasteiger partial charge >= 0.3 is 6.18 Å². The molecule has 0 saturated carbocycles. The first kappa shape index (κ1) is 34.3. The first-order chi connectivity index (χ1) is 24.2. The zero-order valence-electron chi connectivity index (χ0n) is 27.9. The molecule has 0 radical (unpaired) electrons. The molecule has 16 heteroatoms. The number of fused-ring (bicyclic) bond motifs is 3. The number of likely N-dealkylation sites (tertiary alicyclic amines) is 1. The van der Waals surface area contributed by atoms with Crippen LogP contribution in [0.5, 0.6) is 5.75 Å².